The first-order valence-corrected chi connectivity index (χ1v) is 7.66. The fourth-order valence-corrected chi connectivity index (χ4v) is 1.94. The van der Waals surface area contributed by atoms with Crippen molar-refractivity contribution in [2.24, 2.45) is 0 Å². The summed E-state index contributed by atoms with van der Waals surface area (Å²) in [5.74, 6) is 0. The van der Waals surface area contributed by atoms with E-state index in [0.717, 1.165) is 18.2 Å². The van der Waals surface area contributed by atoms with E-state index >= 15 is 0 Å². The number of non-ortho nitro benzene ring substituents is 1. The van der Waals surface area contributed by atoms with Gasteiger partial charge in [0.05, 0.1) is 11.2 Å². The molecule has 0 amide bonds. The van der Waals surface area contributed by atoms with Crippen molar-refractivity contribution in [3.05, 3.63) is 39.9 Å². The van der Waals surface area contributed by atoms with Crippen LogP contribution in [0.1, 0.15) is 5.56 Å². The molecule has 0 unspecified atom stereocenters. The molecule has 7 nitrogen and oxygen atoms in total. The van der Waals surface area contributed by atoms with Crippen molar-refractivity contribution >= 4 is 15.7 Å². The molecule has 0 radical (unpaired) electrons. The van der Waals surface area contributed by atoms with Crippen molar-refractivity contribution in [2.45, 2.75) is 6.42 Å². The number of nitrogens with zero attached hydrogens (tertiary/aromatic N) is 1. The molecule has 1 aromatic carbocycles. The number of hydrogen-bond donors (Lipinski definition) is 2. The summed E-state index contributed by atoms with van der Waals surface area (Å²) < 4.78 is 23.9. The third kappa shape index (κ3) is 6.85. The van der Waals surface area contributed by atoms with Gasteiger partial charge in [0.1, 0.15) is 0 Å². The molecule has 8 heteroatoms. The van der Waals surface area contributed by atoms with Gasteiger partial charge in [-0.3, -0.25) is 10.1 Å². The zero-order valence-corrected chi connectivity index (χ0v) is 11.4. The van der Waals surface area contributed by atoms with E-state index in [0.29, 0.717) is 19.6 Å². The maximum absolute atomic E-state index is 10.8. The summed E-state index contributed by atoms with van der Waals surface area (Å²) in [7, 11) is -3.13. The summed E-state index contributed by atoms with van der Waals surface area (Å²) in [5.41, 5.74) is 1.07. The fourth-order valence-electron chi connectivity index (χ4n) is 1.47. The molecule has 0 atom stereocenters. The van der Waals surface area contributed by atoms with Gasteiger partial charge in [-0.15, -0.1) is 0 Å². The van der Waals surface area contributed by atoms with E-state index in [9.17, 15) is 18.5 Å². The Morgan fingerprint density at radius 1 is 1.16 bits per heavy atom. The summed E-state index contributed by atoms with van der Waals surface area (Å²) in [4.78, 5) is 10.0. The van der Waals surface area contributed by atoms with Crippen LogP contribution in [0.3, 0.4) is 0 Å². The van der Waals surface area contributed by atoms with Crippen molar-refractivity contribution in [2.75, 3.05) is 25.9 Å². The average molecular weight is 287 g/mol. The molecule has 2 N–H and O–H groups in total. The van der Waals surface area contributed by atoms with Crippen molar-refractivity contribution in [1.29, 1.82) is 0 Å². The highest BCUT2D eigenvalue weighted by Gasteiger charge is 2.03. The number of benzene rings is 1. The molecular formula is C11H17N3O4S. The van der Waals surface area contributed by atoms with Gasteiger partial charge in [-0.25, -0.2) is 13.1 Å². The number of hydrogen-bond acceptors (Lipinski definition) is 5. The topological polar surface area (TPSA) is 101 Å². The van der Waals surface area contributed by atoms with E-state index < -0.39 is 14.9 Å². The average Bonchev–Trinajstić information content (AvgIpc) is 2.33. The summed E-state index contributed by atoms with van der Waals surface area (Å²) in [6.45, 7) is 1.57. The Hall–Kier alpha value is -1.51. The van der Waals surface area contributed by atoms with Crippen molar-refractivity contribution in [1.82, 2.24) is 10.0 Å². The van der Waals surface area contributed by atoms with Crippen molar-refractivity contribution < 1.29 is 13.3 Å². The first kappa shape index (κ1) is 15.5. The monoisotopic (exact) mass is 287 g/mol. The molecule has 1 rings (SSSR count). The molecule has 106 valence electrons. The Bertz CT molecular complexity index is 513. The predicted molar refractivity (Wildman–Crippen MR) is 72.5 cm³/mol. The molecule has 0 aromatic heterocycles. The highest BCUT2D eigenvalue weighted by atomic mass is 32.2. The number of nitro groups is 1. The van der Waals surface area contributed by atoms with Crippen LogP contribution in [0.15, 0.2) is 24.3 Å². The van der Waals surface area contributed by atoms with Gasteiger partial charge in [-0.2, -0.15) is 0 Å². The molecule has 0 spiro atoms. The zero-order valence-electron chi connectivity index (χ0n) is 10.6. The maximum atomic E-state index is 10.8. The minimum atomic E-state index is -3.13. The third-order valence-corrected chi connectivity index (χ3v) is 3.13. The molecule has 0 aliphatic heterocycles. The van der Waals surface area contributed by atoms with Gasteiger partial charge in [-0.05, 0) is 18.5 Å². The Balaban J connectivity index is 2.21. The largest absolute Gasteiger partial charge is 0.315 e. The van der Waals surface area contributed by atoms with E-state index in [1.165, 1.54) is 12.1 Å². The normalized spacial score (nSPS) is 11.4. The van der Waals surface area contributed by atoms with Crippen LogP contribution < -0.4 is 10.0 Å². The molecule has 1 aromatic rings. The number of nitro benzene ring substituents is 1. The van der Waals surface area contributed by atoms with Crippen LogP contribution >= 0.6 is 0 Å². The maximum Gasteiger partial charge on any atom is 0.269 e. The molecule has 0 saturated carbocycles. The van der Waals surface area contributed by atoms with Gasteiger partial charge in [0, 0.05) is 25.2 Å². The Morgan fingerprint density at radius 3 is 2.32 bits per heavy atom. The van der Waals surface area contributed by atoms with Gasteiger partial charge in [-0.1, -0.05) is 12.1 Å². The van der Waals surface area contributed by atoms with E-state index in [-0.39, 0.29) is 5.69 Å². The molecule has 19 heavy (non-hydrogen) atoms. The lowest BCUT2D eigenvalue weighted by molar-refractivity contribution is -0.384. The second-order valence-electron chi connectivity index (χ2n) is 4.09. The second-order valence-corrected chi connectivity index (χ2v) is 5.92. The van der Waals surface area contributed by atoms with Crippen LogP contribution in [0.25, 0.3) is 0 Å². The minimum absolute atomic E-state index is 0.0778. The lowest BCUT2D eigenvalue weighted by Gasteiger charge is -2.05. The SMILES string of the molecule is CS(=O)(=O)NCCNCCc1ccc([N+](=O)[O-])cc1. The number of nitrogens with one attached hydrogen (secondary N) is 2. The Morgan fingerprint density at radius 2 is 1.79 bits per heavy atom. The Labute approximate surface area is 112 Å². The van der Waals surface area contributed by atoms with E-state index in [4.69, 9.17) is 0 Å². The predicted octanol–water partition coefficient (Wildman–Crippen LogP) is 0.276. The highest BCUT2D eigenvalue weighted by Crippen LogP contribution is 2.11. The smallest absolute Gasteiger partial charge is 0.269 e. The first-order valence-electron chi connectivity index (χ1n) is 5.77. The highest BCUT2D eigenvalue weighted by molar-refractivity contribution is 7.88. The zero-order chi connectivity index (χ0) is 14.3. The standard InChI is InChI=1S/C11H17N3O4S/c1-19(17,18)13-9-8-12-7-6-10-2-4-11(5-3-10)14(15)16/h2-5,12-13H,6-9H2,1H3. The molecule has 0 aliphatic rings. The molecule has 0 bridgehead atoms. The van der Waals surface area contributed by atoms with E-state index in [1.54, 1.807) is 12.1 Å². The quantitative estimate of drug-likeness (QED) is 0.406. The van der Waals surface area contributed by atoms with Crippen LogP contribution in [0.5, 0.6) is 0 Å². The van der Waals surface area contributed by atoms with Gasteiger partial charge >= 0.3 is 0 Å². The summed E-state index contributed by atoms with van der Waals surface area (Å²) in [5, 5.41) is 13.5. The van der Waals surface area contributed by atoms with Crippen molar-refractivity contribution in [3.8, 4) is 0 Å². The van der Waals surface area contributed by atoms with Crippen LogP contribution in [0, 0.1) is 10.1 Å². The number of sulfonamides is 1. The van der Waals surface area contributed by atoms with Crippen LogP contribution in [-0.2, 0) is 16.4 Å². The molecule has 0 aliphatic carbocycles. The summed E-state index contributed by atoms with van der Waals surface area (Å²) >= 11 is 0. The minimum Gasteiger partial charge on any atom is -0.315 e. The second kappa shape index (κ2) is 7.17. The summed E-state index contributed by atoms with van der Waals surface area (Å²) in [6, 6.07) is 6.38. The van der Waals surface area contributed by atoms with Gasteiger partial charge in [0.25, 0.3) is 5.69 Å². The molecule has 0 saturated heterocycles. The molecule has 0 fully saturated rings. The van der Waals surface area contributed by atoms with Gasteiger partial charge < -0.3 is 5.32 Å². The van der Waals surface area contributed by atoms with E-state index in [1.807, 2.05) is 0 Å². The van der Waals surface area contributed by atoms with Gasteiger partial charge in [0.15, 0.2) is 0 Å². The summed E-state index contributed by atoms with van der Waals surface area (Å²) in [6.07, 6.45) is 1.85. The van der Waals surface area contributed by atoms with Gasteiger partial charge in [0.2, 0.25) is 10.0 Å². The fraction of sp³-hybridized carbons (Fsp3) is 0.455. The van der Waals surface area contributed by atoms with Crippen molar-refractivity contribution in [3.63, 3.8) is 0 Å². The van der Waals surface area contributed by atoms with E-state index in [2.05, 4.69) is 10.0 Å². The lowest BCUT2D eigenvalue weighted by Crippen LogP contribution is -2.31. The van der Waals surface area contributed by atoms with Crippen LogP contribution in [0.2, 0.25) is 0 Å². The lowest BCUT2D eigenvalue weighted by atomic mass is 10.1. The Kier molecular flexibility index (Phi) is 5.87. The number of rotatable bonds is 8. The molecule has 0 heterocycles. The third-order valence-electron chi connectivity index (χ3n) is 2.40. The molecular weight excluding hydrogens is 270 g/mol. The van der Waals surface area contributed by atoms with Crippen LogP contribution in [-0.4, -0.2) is 39.2 Å². The first-order chi connectivity index (χ1) is 8.88. The van der Waals surface area contributed by atoms with Crippen LogP contribution in [0.4, 0.5) is 5.69 Å².